The zero-order chi connectivity index (χ0) is 26.9. The number of rotatable bonds is 3. The Morgan fingerprint density at radius 1 is 0.947 bits per heavy atom. The predicted molar refractivity (Wildman–Crippen MR) is 138 cm³/mol. The fourth-order valence-corrected chi connectivity index (χ4v) is 6.49. The number of phenolic OH excluding ortho intramolecular Hbond substituents is 1. The van der Waals surface area contributed by atoms with Crippen LogP contribution in [0, 0.1) is 17.8 Å². The van der Waals surface area contributed by atoms with E-state index in [4.69, 9.17) is 0 Å². The monoisotopic (exact) mass is 509 g/mol. The number of Topliss-reactive ketones (excluding diaryl/α,β-unsaturated/α-hetero) is 1. The van der Waals surface area contributed by atoms with Crippen molar-refractivity contribution >= 4 is 41.6 Å². The van der Waals surface area contributed by atoms with Crippen LogP contribution in [0.1, 0.15) is 31.2 Å². The van der Waals surface area contributed by atoms with Gasteiger partial charge >= 0.3 is 7.12 Å². The van der Waals surface area contributed by atoms with Gasteiger partial charge in [-0.1, -0.05) is 35.9 Å². The number of imide groups is 1. The van der Waals surface area contributed by atoms with E-state index in [2.05, 4.69) is 0 Å². The van der Waals surface area contributed by atoms with Crippen molar-refractivity contribution in [2.75, 3.05) is 4.90 Å². The van der Waals surface area contributed by atoms with E-state index in [1.807, 2.05) is 6.08 Å². The number of ketones is 2. The molecule has 3 aliphatic carbocycles. The first-order valence-electron chi connectivity index (χ1n) is 12.5. The van der Waals surface area contributed by atoms with Gasteiger partial charge < -0.3 is 15.2 Å². The third-order valence-corrected chi connectivity index (χ3v) is 8.22. The average molecular weight is 509 g/mol. The Bertz CT molecular complexity index is 1520. The van der Waals surface area contributed by atoms with E-state index in [0.29, 0.717) is 23.1 Å². The predicted octanol–water partition coefficient (Wildman–Crippen LogP) is 1.71. The molecule has 3 N–H and O–H groups in total. The molecule has 8 nitrogen and oxygen atoms in total. The SMILES string of the molecule is CC1=CC(=O)C2=C(C1=O)[C@@H](c1ccc(O)cc1)C1=CC[C@@H]3C(=O)N(c4cccc(B(O)O)c4)C(=O)[C@@H]3[C@@H]1C2. The first-order valence-corrected chi connectivity index (χ1v) is 12.5. The summed E-state index contributed by atoms with van der Waals surface area (Å²) in [5.74, 6) is -3.59. The van der Waals surface area contributed by atoms with E-state index >= 15 is 0 Å². The molecule has 0 unspecified atom stereocenters. The van der Waals surface area contributed by atoms with Crippen molar-refractivity contribution in [1.82, 2.24) is 0 Å². The van der Waals surface area contributed by atoms with Crippen molar-refractivity contribution in [3.05, 3.63) is 88.5 Å². The van der Waals surface area contributed by atoms with E-state index < -0.39 is 36.7 Å². The minimum Gasteiger partial charge on any atom is -0.508 e. The van der Waals surface area contributed by atoms with Crippen LogP contribution in [0.4, 0.5) is 5.69 Å². The third-order valence-electron chi connectivity index (χ3n) is 8.22. The summed E-state index contributed by atoms with van der Waals surface area (Å²) in [6.45, 7) is 1.61. The highest BCUT2D eigenvalue weighted by Gasteiger charge is 2.56. The van der Waals surface area contributed by atoms with Gasteiger partial charge in [0.05, 0.1) is 17.5 Å². The second-order valence-electron chi connectivity index (χ2n) is 10.3. The maximum absolute atomic E-state index is 13.9. The van der Waals surface area contributed by atoms with Gasteiger partial charge in [-0.15, -0.1) is 0 Å². The van der Waals surface area contributed by atoms with E-state index in [1.165, 1.54) is 30.3 Å². The van der Waals surface area contributed by atoms with Crippen LogP contribution in [0.2, 0.25) is 0 Å². The number of benzene rings is 2. The van der Waals surface area contributed by atoms with E-state index in [0.717, 1.165) is 16.0 Å². The van der Waals surface area contributed by atoms with Crippen molar-refractivity contribution in [1.29, 1.82) is 0 Å². The standard InChI is InChI=1S/C29H24BNO7/c1-14-11-23(33)22-13-21-19(24(26(22)27(14)34)15-5-7-18(32)8-6-15)9-10-20-25(21)29(36)31(28(20)35)17-4-2-3-16(12-17)30(37)38/h2-9,11-12,20-21,24-25,32,37-38H,10,13H2,1H3/t20-,21+,24-,25-/m0/s1. The molecule has 4 aliphatic rings. The molecular weight excluding hydrogens is 485 g/mol. The van der Waals surface area contributed by atoms with Gasteiger partial charge in [-0.3, -0.25) is 24.1 Å². The van der Waals surface area contributed by atoms with Crippen molar-refractivity contribution < 1.29 is 34.3 Å². The van der Waals surface area contributed by atoms with E-state index in [1.54, 1.807) is 31.2 Å². The van der Waals surface area contributed by atoms with E-state index in [-0.39, 0.29) is 40.8 Å². The largest absolute Gasteiger partial charge is 0.508 e. The van der Waals surface area contributed by atoms with Crippen molar-refractivity contribution in [3.63, 3.8) is 0 Å². The molecule has 0 aromatic heterocycles. The summed E-state index contributed by atoms with van der Waals surface area (Å²) in [7, 11) is -1.75. The topological polar surface area (TPSA) is 132 Å². The Morgan fingerprint density at radius 2 is 1.68 bits per heavy atom. The molecule has 38 heavy (non-hydrogen) atoms. The lowest BCUT2D eigenvalue weighted by Crippen LogP contribution is -2.40. The Morgan fingerprint density at radius 3 is 2.39 bits per heavy atom. The quantitative estimate of drug-likeness (QED) is 0.248. The molecule has 1 fully saturated rings. The number of carbonyl (C=O) groups excluding carboxylic acids is 4. The van der Waals surface area contributed by atoms with Gasteiger partial charge in [-0.05, 0) is 67.1 Å². The average Bonchev–Trinajstić information content (AvgIpc) is 3.16. The summed E-state index contributed by atoms with van der Waals surface area (Å²) in [6.07, 6.45) is 3.74. The molecule has 190 valence electrons. The van der Waals surface area contributed by atoms with Crippen LogP contribution in [0.5, 0.6) is 5.75 Å². The number of carbonyl (C=O) groups is 4. The van der Waals surface area contributed by atoms with Gasteiger partial charge in [0, 0.05) is 22.6 Å². The molecule has 1 aliphatic heterocycles. The van der Waals surface area contributed by atoms with Gasteiger partial charge in [-0.2, -0.15) is 0 Å². The van der Waals surface area contributed by atoms with Crippen molar-refractivity contribution in [2.45, 2.75) is 25.7 Å². The maximum atomic E-state index is 13.9. The number of anilines is 1. The molecular formula is C29H24BNO7. The second kappa shape index (κ2) is 8.75. The maximum Gasteiger partial charge on any atom is 0.488 e. The summed E-state index contributed by atoms with van der Waals surface area (Å²) in [5.41, 5.74) is 3.09. The van der Waals surface area contributed by atoms with Gasteiger partial charge in [0.1, 0.15) is 5.75 Å². The highest BCUT2D eigenvalue weighted by molar-refractivity contribution is 6.58. The number of hydrogen-bond acceptors (Lipinski definition) is 7. The summed E-state index contributed by atoms with van der Waals surface area (Å²) in [4.78, 5) is 55.0. The molecule has 2 aromatic carbocycles. The lowest BCUT2D eigenvalue weighted by atomic mass is 9.59. The fourth-order valence-electron chi connectivity index (χ4n) is 6.49. The normalized spacial score (nSPS) is 26.6. The zero-order valence-corrected chi connectivity index (χ0v) is 20.5. The zero-order valence-electron chi connectivity index (χ0n) is 20.5. The fraction of sp³-hybridized carbons (Fsp3) is 0.241. The Kier molecular flexibility index (Phi) is 5.59. The summed E-state index contributed by atoms with van der Waals surface area (Å²) < 4.78 is 0. The summed E-state index contributed by atoms with van der Waals surface area (Å²) in [5, 5.41) is 29.0. The third kappa shape index (κ3) is 3.54. The van der Waals surface area contributed by atoms with Crippen LogP contribution >= 0.6 is 0 Å². The molecule has 0 saturated carbocycles. The molecule has 1 heterocycles. The lowest BCUT2D eigenvalue weighted by Gasteiger charge is -2.42. The molecule has 0 spiro atoms. The number of nitrogens with zero attached hydrogens (tertiary/aromatic N) is 1. The number of fused-ring (bicyclic) bond motifs is 3. The Balaban J connectivity index is 1.46. The van der Waals surface area contributed by atoms with Crippen molar-refractivity contribution in [2.24, 2.45) is 17.8 Å². The molecule has 6 rings (SSSR count). The van der Waals surface area contributed by atoms with Crippen LogP contribution in [-0.4, -0.2) is 45.7 Å². The minimum atomic E-state index is -1.75. The highest BCUT2D eigenvalue weighted by atomic mass is 16.4. The number of hydrogen-bond donors (Lipinski definition) is 3. The van der Waals surface area contributed by atoms with Gasteiger partial charge in [0.15, 0.2) is 11.6 Å². The molecule has 0 bridgehead atoms. The van der Waals surface area contributed by atoms with Crippen LogP contribution in [0.25, 0.3) is 0 Å². The van der Waals surface area contributed by atoms with Crippen LogP contribution < -0.4 is 10.4 Å². The van der Waals surface area contributed by atoms with Crippen molar-refractivity contribution in [3.8, 4) is 5.75 Å². The molecule has 0 radical (unpaired) electrons. The molecule has 1 saturated heterocycles. The molecule has 9 heteroatoms. The summed E-state index contributed by atoms with van der Waals surface area (Å²) in [6, 6.07) is 12.5. The van der Waals surface area contributed by atoms with Crippen LogP contribution in [-0.2, 0) is 19.2 Å². The highest BCUT2D eigenvalue weighted by Crippen LogP contribution is 2.55. The van der Waals surface area contributed by atoms with Crippen LogP contribution in [0.15, 0.2) is 83.0 Å². The first kappa shape index (κ1) is 24.3. The lowest BCUT2D eigenvalue weighted by molar-refractivity contribution is -0.123. The Labute approximate surface area is 218 Å². The smallest absolute Gasteiger partial charge is 0.488 e. The summed E-state index contributed by atoms with van der Waals surface area (Å²) >= 11 is 0. The number of amides is 2. The van der Waals surface area contributed by atoms with Gasteiger partial charge in [0.2, 0.25) is 11.8 Å². The minimum absolute atomic E-state index is 0.0672. The molecule has 2 amide bonds. The number of aromatic hydroxyl groups is 1. The van der Waals surface area contributed by atoms with Crippen LogP contribution in [0.3, 0.4) is 0 Å². The molecule has 2 aromatic rings. The van der Waals surface area contributed by atoms with Gasteiger partial charge in [-0.25, -0.2) is 0 Å². The Hall–Kier alpha value is -4.08. The van der Waals surface area contributed by atoms with E-state index in [9.17, 15) is 34.3 Å². The van der Waals surface area contributed by atoms with Gasteiger partial charge in [0.25, 0.3) is 0 Å². The molecule has 4 atom stereocenters. The number of allylic oxidation sites excluding steroid dienone is 6. The number of phenols is 1. The first-order chi connectivity index (χ1) is 18.2. The second-order valence-corrected chi connectivity index (χ2v) is 10.3.